The monoisotopic (exact) mass is 231 g/mol. The van der Waals surface area contributed by atoms with Crippen molar-refractivity contribution >= 4 is 11.8 Å². The van der Waals surface area contributed by atoms with Crippen LogP contribution in [0.1, 0.15) is 26.7 Å². The molecule has 0 aliphatic heterocycles. The number of carbonyl (C=O) groups excluding carboxylic acids is 2. The summed E-state index contributed by atoms with van der Waals surface area (Å²) in [5.41, 5.74) is 0. The molecule has 0 aliphatic rings. The number of hydrogen-bond donors (Lipinski definition) is 1. The molecule has 0 saturated heterocycles. The van der Waals surface area contributed by atoms with Crippen molar-refractivity contribution in [1.82, 2.24) is 4.90 Å². The lowest BCUT2D eigenvalue weighted by Crippen LogP contribution is -2.32. The maximum Gasteiger partial charge on any atom is 0.306 e. The normalized spacial score (nSPS) is 12.6. The van der Waals surface area contributed by atoms with Gasteiger partial charge in [-0.25, -0.2) is 0 Å². The van der Waals surface area contributed by atoms with Crippen LogP contribution in [0.25, 0.3) is 0 Å². The molecule has 0 fully saturated rings. The molecule has 0 aromatic carbocycles. The van der Waals surface area contributed by atoms with Crippen molar-refractivity contribution in [1.29, 1.82) is 0 Å². The number of ether oxygens (including phenoxy) is 1. The SMILES string of the molecule is CCOC(=O)CCC(=O)CN(C)CC(C)O. The predicted octanol–water partition coefficient (Wildman–Crippen LogP) is 0.211. The molecular formula is C11H21NO4. The molecule has 0 rings (SSSR count). The zero-order chi connectivity index (χ0) is 12.6. The molecule has 1 atom stereocenters. The van der Waals surface area contributed by atoms with E-state index in [0.29, 0.717) is 13.2 Å². The summed E-state index contributed by atoms with van der Waals surface area (Å²) in [4.78, 5) is 24.1. The second-order valence-electron chi connectivity index (χ2n) is 3.89. The van der Waals surface area contributed by atoms with Crippen molar-refractivity contribution in [2.24, 2.45) is 0 Å². The van der Waals surface area contributed by atoms with Gasteiger partial charge in [0.2, 0.25) is 0 Å². The van der Waals surface area contributed by atoms with Crippen molar-refractivity contribution in [3.8, 4) is 0 Å². The van der Waals surface area contributed by atoms with Crippen molar-refractivity contribution in [2.45, 2.75) is 32.8 Å². The maximum absolute atomic E-state index is 11.4. The first-order valence-electron chi connectivity index (χ1n) is 5.49. The fraction of sp³-hybridized carbons (Fsp3) is 0.818. The van der Waals surface area contributed by atoms with Gasteiger partial charge >= 0.3 is 5.97 Å². The van der Waals surface area contributed by atoms with Crippen molar-refractivity contribution in [3.05, 3.63) is 0 Å². The number of ketones is 1. The minimum absolute atomic E-state index is 0.0174. The van der Waals surface area contributed by atoms with E-state index in [4.69, 9.17) is 9.84 Å². The summed E-state index contributed by atoms with van der Waals surface area (Å²) in [5, 5.41) is 9.10. The Hall–Kier alpha value is -0.940. The Morgan fingerprint density at radius 1 is 1.38 bits per heavy atom. The van der Waals surface area contributed by atoms with Gasteiger partial charge < -0.3 is 9.84 Å². The smallest absolute Gasteiger partial charge is 0.306 e. The molecule has 1 N–H and O–H groups in total. The number of rotatable bonds is 8. The third-order valence-corrected chi connectivity index (χ3v) is 1.94. The molecule has 5 nitrogen and oxygen atoms in total. The standard InChI is InChI=1S/C11H21NO4/c1-4-16-11(15)6-5-10(14)8-12(3)7-9(2)13/h9,13H,4-8H2,1-3H3. The highest BCUT2D eigenvalue weighted by atomic mass is 16.5. The van der Waals surface area contributed by atoms with Crippen LogP contribution in [-0.2, 0) is 14.3 Å². The summed E-state index contributed by atoms with van der Waals surface area (Å²) >= 11 is 0. The first-order valence-corrected chi connectivity index (χ1v) is 5.49. The highest BCUT2D eigenvalue weighted by Crippen LogP contribution is 1.97. The summed E-state index contributed by atoms with van der Waals surface area (Å²) in [7, 11) is 1.76. The molecule has 0 aromatic rings. The highest BCUT2D eigenvalue weighted by Gasteiger charge is 2.11. The number of nitrogens with zero attached hydrogens (tertiary/aromatic N) is 1. The average Bonchev–Trinajstić information content (AvgIpc) is 2.13. The van der Waals surface area contributed by atoms with Gasteiger partial charge in [0.05, 0.1) is 25.7 Å². The Balaban J connectivity index is 3.69. The predicted molar refractivity (Wildman–Crippen MR) is 60.1 cm³/mol. The fourth-order valence-electron chi connectivity index (χ4n) is 1.37. The van der Waals surface area contributed by atoms with E-state index in [0.717, 1.165) is 0 Å². The van der Waals surface area contributed by atoms with Crippen LogP contribution < -0.4 is 0 Å². The van der Waals surface area contributed by atoms with Crippen LogP contribution in [0.4, 0.5) is 0 Å². The number of carbonyl (C=O) groups is 2. The van der Waals surface area contributed by atoms with Crippen LogP contribution in [0.15, 0.2) is 0 Å². The zero-order valence-corrected chi connectivity index (χ0v) is 10.2. The lowest BCUT2D eigenvalue weighted by atomic mass is 10.2. The van der Waals surface area contributed by atoms with Crippen LogP contribution in [0.3, 0.4) is 0 Å². The molecule has 0 saturated carbocycles. The van der Waals surface area contributed by atoms with E-state index in [1.807, 2.05) is 0 Å². The lowest BCUT2D eigenvalue weighted by molar-refractivity contribution is -0.144. The summed E-state index contributed by atoms with van der Waals surface area (Å²) in [6, 6.07) is 0. The second kappa shape index (κ2) is 8.24. The lowest BCUT2D eigenvalue weighted by Gasteiger charge is -2.17. The number of aliphatic hydroxyl groups is 1. The molecule has 0 radical (unpaired) electrons. The molecule has 16 heavy (non-hydrogen) atoms. The Bertz CT molecular complexity index is 228. The van der Waals surface area contributed by atoms with E-state index in [9.17, 15) is 9.59 Å². The van der Waals surface area contributed by atoms with Gasteiger partial charge in [-0.05, 0) is 20.9 Å². The Kier molecular flexibility index (Phi) is 7.76. The van der Waals surface area contributed by atoms with Gasteiger partial charge in [-0.2, -0.15) is 0 Å². The molecule has 0 aliphatic carbocycles. The number of esters is 1. The van der Waals surface area contributed by atoms with E-state index in [2.05, 4.69) is 0 Å². The van der Waals surface area contributed by atoms with Gasteiger partial charge in [0.25, 0.3) is 0 Å². The molecule has 94 valence electrons. The Morgan fingerprint density at radius 2 is 2.00 bits per heavy atom. The van der Waals surface area contributed by atoms with E-state index in [1.165, 1.54) is 0 Å². The first-order chi connectivity index (χ1) is 7.45. The van der Waals surface area contributed by atoms with Gasteiger partial charge in [-0.3, -0.25) is 14.5 Å². The first kappa shape index (κ1) is 15.1. The van der Waals surface area contributed by atoms with E-state index in [-0.39, 0.29) is 31.1 Å². The minimum Gasteiger partial charge on any atom is -0.466 e. The van der Waals surface area contributed by atoms with E-state index >= 15 is 0 Å². The van der Waals surface area contributed by atoms with Crippen LogP contribution in [0.2, 0.25) is 0 Å². The second-order valence-corrected chi connectivity index (χ2v) is 3.89. The quantitative estimate of drug-likeness (QED) is 0.605. The summed E-state index contributed by atoms with van der Waals surface area (Å²) < 4.78 is 4.72. The zero-order valence-electron chi connectivity index (χ0n) is 10.2. The van der Waals surface area contributed by atoms with Gasteiger partial charge in [0, 0.05) is 13.0 Å². The number of likely N-dealkylation sites (N-methyl/N-ethyl adjacent to an activating group) is 1. The van der Waals surface area contributed by atoms with E-state index in [1.54, 1.807) is 25.8 Å². The van der Waals surface area contributed by atoms with Crippen LogP contribution >= 0.6 is 0 Å². The van der Waals surface area contributed by atoms with Crippen LogP contribution in [-0.4, -0.2) is 54.6 Å². The molecule has 0 aromatic heterocycles. The van der Waals surface area contributed by atoms with Gasteiger partial charge in [0.1, 0.15) is 5.78 Å². The minimum atomic E-state index is -0.456. The summed E-state index contributed by atoms with van der Waals surface area (Å²) in [6.07, 6.45) is -0.124. The van der Waals surface area contributed by atoms with E-state index < -0.39 is 6.10 Å². The summed E-state index contributed by atoms with van der Waals surface area (Å²) in [5.74, 6) is -0.356. The third-order valence-electron chi connectivity index (χ3n) is 1.94. The molecule has 0 spiro atoms. The van der Waals surface area contributed by atoms with Crippen molar-refractivity contribution in [2.75, 3.05) is 26.7 Å². The van der Waals surface area contributed by atoms with Gasteiger partial charge in [0.15, 0.2) is 0 Å². The molecule has 0 amide bonds. The van der Waals surface area contributed by atoms with Gasteiger partial charge in [-0.1, -0.05) is 0 Å². The number of aliphatic hydroxyl groups excluding tert-OH is 1. The average molecular weight is 231 g/mol. The Labute approximate surface area is 96.4 Å². The summed E-state index contributed by atoms with van der Waals surface area (Å²) in [6.45, 7) is 4.44. The molecule has 0 heterocycles. The molecule has 5 heteroatoms. The van der Waals surface area contributed by atoms with Crippen molar-refractivity contribution in [3.63, 3.8) is 0 Å². The van der Waals surface area contributed by atoms with Crippen LogP contribution in [0, 0.1) is 0 Å². The fourth-order valence-corrected chi connectivity index (χ4v) is 1.37. The highest BCUT2D eigenvalue weighted by molar-refractivity contribution is 5.84. The third kappa shape index (κ3) is 8.38. The van der Waals surface area contributed by atoms with Gasteiger partial charge in [-0.15, -0.1) is 0 Å². The Morgan fingerprint density at radius 3 is 2.50 bits per heavy atom. The molecule has 1 unspecified atom stereocenters. The topological polar surface area (TPSA) is 66.8 Å². The largest absolute Gasteiger partial charge is 0.466 e. The maximum atomic E-state index is 11.4. The number of hydrogen-bond acceptors (Lipinski definition) is 5. The molecular weight excluding hydrogens is 210 g/mol. The number of Topliss-reactive ketones (excluding diaryl/α,β-unsaturated/α-hetero) is 1. The van der Waals surface area contributed by atoms with Crippen molar-refractivity contribution < 1.29 is 19.4 Å². The molecule has 0 bridgehead atoms. The van der Waals surface area contributed by atoms with Crippen LogP contribution in [0.5, 0.6) is 0 Å².